The molecule has 0 radical (unpaired) electrons. The lowest BCUT2D eigenvalue weighted by atomic mass is 10.1. The van der Waals surface area contributed by atoms with Gasteiger partial charge >= 0.3 is 5.97 Å². The Morgan fingerprint density at radius 2 is 1.95 bits per heavy atom. The van der Waals surface area contributed by atoms with Gasteiger partial charge in [0.25, 0.3) is 0 Å². The van der Waals surface area contributed by atoms with Crippen molar-refractivity contribution in [1.82, 2.24) is 0 Å². The third kappa shape index (κ3) is 6.06. The van der Waals surface area contributed by atoms with Gasteiger partial charge in [-0.3, -0.25) is 0 Å². The van der Waals surface area contributed by atoms with Gasteiger partial charge in [-0.25, -0.2) is 4.79 Å². The second-order valence-corrected chi connectivity index (χ2v) is 5.00. The number of nitrogens with one attached hydrogen (secondary N) is 1. The van der Waals surface area contributed by atoms with Crippen molar-refractivity contribution >= 4 is 11.7 Å². The van der Waals surface area contributed by atoms with Gasteiger partial charge in [0.2, 0.25) is 0 Å². The Morgan fingerprint density at radius 1 is 1.19 bits per heavy atom. The number of hydrogen-bond acceptors (Lipinski definition) is 4. The monoisotopic (exact) mass is 293 g/mol. The summed E-state index contributed by atoms with van der Waals surface area (Å²) in [6.07, 6.45) is 5.31. The number of hydrogen-bond donors (Lipinski definition) is 1. The van der Waals surface area contributed by atoms with Crippen molar-refractivity contribution in [1.29, 1.82) is 0 Å². The molecule has 1 aromatic carbocycles. The molecule has 4 heteroatoms. The van der Waals surface area contributed by atoms with Crippen LogP contribution in [0.1, 0.15) is 46.0 Å². The average molecular weight is 293 g/mol. The molecule has 0 bridgehead atoms. The fourth-order valence-electron chi connectivity index (χ4n) is 2.22. The second-order valence-electron chi connectivity index (χ2n) is 5.00. The number of carbonyl (C=O) groups excluding carboxylic acids is 1. The highest BCUT2D eigenvalue weighted by atomic mass is 16.5. The minimum absolute atomic E-state index is 0.195. The average Bonchev–Trinajstić information content (AvgIpc) is 2.51. The summed E-state index contributed by atoms with van der Waals surface area (Å²) in [6.45, 7) is 4.41. The van der Waals surface area contributed by atoms with Crippen molar-refractivity contribution in [2.45, 2.75) is 52.0 Å². The SMILES string of the molecule is CCCCCCC(Nc1ccccc1OC)C(=O)OCC. The van der Waals surface area contributed by atoms with Gasteiger partial charge in [0.05, 0.1) is 19.4 Å². The first-order valence-corrected chi connectivity index (χ1v) is 7.79. The van der Waals surface area contributed by atoms with E-state index in [2.05, 4.69) is 12.2 Å². The molecular weight excluding hydrogens is 266 g/mol. The normalized spacial score (nSPS) is 11.8. The van der Waals surface area contributed by atoms with E-state index in [1.165, 1.54) is 12.8 Å². The summed E-state index contributed by atoms with van der Waals surface area (Å²) >= 11 is 0. The van der Waals surface area contributed by atoms with Gasteiger partial charge in [-0.2, -0.15) is 0 Å². The van der Waals surface area contributed by atoms with E-state index in [1.807, 2.05) is 31.2 Å². The van der Waals surface area contributed by atoms with Crippen molar-refractivity contribution in [2.24, 2.45) is 0 Å². The Kier molecular flexibility index (Phi) is 8.32. The van der Waals surface area contributed by atoms with Crippen LogP contribution in [0.4, 0.5) is 5.69 Å². The molecule has 0 fully saturated rings. The standard InChI is InChI=1S/C17H27NO3/c1-4-6-7-8-12-15(17(19)21-5-2)18-14-11-9-10-13-16(14)20-3/h9-11,13,15,18H,4-8,12H2,1-3H3. The molecule has 4 nitrogen and oxygen atoms in total. The third-order valence-corrected chi connectivity index (χ3v) is 3.35. The van der Waals surface area contributed by atoms with Crippen LogP contribution in [0.5, 0.6) is 5.75 Å². The molecular formula is C17H27NO3. The lowest BCUT2D eigenvalue weighted by Gasteiger charge is -2.19. The van der Waals surface area contributed by atoms with Crippen molar-refractivity contribution in [3.63, 3.8) is 0 Å². The van der Waals surface area contributed by atoms with Gasteiger partial charge in [-0.1, -0.05) is 44.7 Å². The fourth-order valence-corrected chi connectivity index (χ4v) is 2.22. The van der Waals surface area contributed by atoms with Crippen LogP contribution >= 0.6 is 0 Å². The number of esters is 1. The van der Waals surface area contributed by atoms with E-state index < -0.39 is 0 Å². The van der Waals surface area contributed by atoms with Crippen LogP contribution < -0.4 is 10.1 Å². The minimum atomic E-state index is -0.321. The first-order valence-electron chi connectivity index (χ1n) is 7.79. The maximum absolute atomic E-state index is 12.1. The van der Waals surface area contributed by atoms with Gasteiger partial charge in [0, 0.05) is 0 Å². The predicted molar refractivity (Wildman–Crippen MR) is 85.8 cm³/mol. The number of methoxy groups -OCH3 is 1. The lowest BCUT2D eigenvalue weighted by molar-refractivity contribution is -0.144. The summed E-state index contributed by atoms with van der Waals surface area (Å²) in [4.78, 5) is 12.1. The molecule has 1 unspecified atom stereocenters. The molecule has 1 rings (SSSR count). The fraction of sp³-hybridized carbons (Fsp3) is 0.588. The number of benzene rings is 1. The van der Waals surface area contributed by atoms with E-state index >= 15 is 0 Å². The van der Waals surface area contributed by atoms with Crippen LogP contribution in [0.3, 0.4) is 0 Å². The number of anilines is 1. The molecule has 0 aliphatic heterocycles. The van der Waals surface area contributed by atoms with Crippen LogP contribution in [0, 0.1) is 0 Å². The molecule has 118 valence electrons. The van der Waals surface area contributed by atoms with E-state index in [-0.39, 0.29) is 12.0 Å². The predicted octanol–water partition coefficient (Wildman–Crippen LogP) is 4.01. The molecule has 0 aliphatic rings. The summed E-state index contributed by atoms with van der Waals surface area (Å²) in [7, 11) is 1.63. The molecule has 1 aromatic rings. The second kappa shape index (κ2) is 10.1. The van der Waals surface area contributed by atoms with E-state index in [9.17, 15) is 4.79 Å². The Balaban J connectivity index is 2.68. The summed E-state index contributed by atoms with van der Waals surface area (Å²) in [6, 6.07) is 7.30. The highest BCUT2D eigenvalue weighted by Gasteiger charge is 2.20. The number of para-hydroxylation sites is 2. The molecule has 0 aromatic heterocycles. The van der Waals surface area contributed by atoms with Gasteiger partial charge in [0.1, 0.15) is 11.8 Å². The number of ether oxygens (including phenoxy) is 2. The maximum Gasteiger partial charge on any atom is 0.328 e. The molecule has 1 N–H and O–H groups in total. The number of carbonyl (C=O) groups is 1. The third-order valence-electron chi connectivity index (χ3n) is 3.35. The van der Waals surface area contributed by atoms with Crippen molar-refractivity contribution in [2.75, 3.05) is 19.0 Å². The number of rotatable bonds is 10. The number of unbranched alkanes of at least 4 members (excludes halogenated alkanes) is 3. The molecule has 0 saturated heterocycles. The van der Waals surface area contributed by atoms with Crippen LogP contribution in [-0.4, -0.2) is 25.7 Å². The summed E-state index contributed by atoms with van der Waals surface area (Å²) in [5, 5.41) is 3.26. The molecule has 0 amide bonds. The highest BCUT2D eigenvalue weighted by Crippen LogP contribution is 2.25. The van der Waals surface area contributed by atoms with E-state index in [1.54, 1.807) is 7.11 Å². The van der Waals surface area contributed by atoms with Crippen molar-refractivity contribution in [3.8, 4) is 5.75 Å². The van der Waals surface area contributed by atoms with Gasteiger partial charge in [-0.05, 0) is 25.5 Å². The van der Waals surface area contributed by atoms with Crippen molar-refractivity contribution in [3.05, 3.63) is 24.3 Å². The Hall–Kier alpha value is -1.71. The Labute approximate surface area is 127 Å². The van der Waals surface area contributed by atoms with Crippen LogP contribution in [0.15, 0.2) is 24.3 Å². The van der Waals surface area contributed by atoms with Gasteiger partial charge in [-0.15, -0.1) is 0 Å². The van der Waals surface area contributed by atoms with Crippen LogP contribution in [0.2, 0.25) is 0 Å². The lowest BCUT2D eigenvalue weighted by Crippen LogP contribution is -2.31. The minimum Gasteiger partial charge on any atom is -0.495 e. The molecule has 0 spiro atoms. The van der Waals surface area contributed by atoms with Crippen LogP contribution in [-0.2, 0) is 9.53 Å². The molecule has 0 aliphatic carbocycles. The summed E-state index contributed by atoms with van der Waals surface area (Å²) < 4.78 is 10.5. The van der Waals surface area contributed by atoms with Gasteiger partial charge in [0.15, 0.2) is 0 Å². The smallest absolute Gasteiger partial charge is 0.328 e. The first-order chi connectivity index (χ1) is 10.2. The topological polar surface area (TPSA) is 47.6 Å². The zero-order valence-electron chi connectivity index (χ0n) is 13.4. The summed E-state index contributed by atoms with van der Waals surface area (Å²) in [5.74, 6) is 0.542. The van der Waals surface area contributed by atoms with Crippen LogP contribution in [0.25, 0.3) is 0 Å². The zero-order valence-corrected chi connectivity index (χ0v) is 13.4. The van der Waals surface area contributed by atoms with Crippen molar-refractivity contribution < 1.29 is 14.3 Å². The van der Waals surface area contributed by atoms with E-state index in [0.29, 0.717) is 6.61 Å². The maximum atomic E-state index is 12.1. The Morgan fingerprint density at radius 3 is 2.62 bits per heavy atom. The summed E-state index contributed by atoms with van der Waals surface area (Å²) in [5.41, 5.74) is 0.827. The largest absolute Gasteiger partial charge is 0.495 e. The molecule has 0 heterocycles. The molecule has 1 atom stereocenters. The molecule has 0 saturated carbocycles. The van der Waals surface area contributed by atoms with E-state index in [0.717, 1.165) is 30.7 Å². The quantitative estimate of drug-likeness (QED) is 0.523. The zero-order chi connectivity index (χ0) is 15.5. The van der Waals surface area contributed by atoms with Gasteiger partial charge < -0.3 is 14.8 Å². The first kappa shape index (κ1) is 17.3. The van der Waals surface area contributed by atoms with E-state index in [4.69, 9.17) is 9.47 Å². The Bertz CT molecular complexity index is 420. The molecule has 21 heavy (non-hydrogen) atoms. The highest BCUT2D eigenvalue weighted by molar-refractivity contribution is 5.80.